The number of hydrogen-bond donors (Lipinski definition) is 1. The molecule has 4 rings (SSSR count). The Bertz CT molecular complexity index is 1480. The fourth-order valence-electron chi connectivity index (χ4n) is 3.19. The standard InChI is InChI=1S/C22H14F3N5O2S/c23-15-4-5-18(24)20(12-15)33(31,32)29-19-3-1-2-16(21(19)25)22-17(13-30(28-22)11-8-26)14-6-9-27-10-7-14/h1-7,9-10,12-13,29H,11H2. The summed E-state index contributed by atoms with van der Waals surface area (Å²) in [6.45, 7) is -0.0924. The summed E-state index contributed by atoms with van der Waals surface area (Å²) in [5, 5.41) is 13.3. The van der Waals surface area contributed by atoms with Crippen LogP contribution < -0.4 is 4.72 Å². The third kappa shape index (κ3) is 4.42. The average molecular weight is 469 g/mol. The van der Waals surface area contributed by atoms with E-state index in [4.69, 9.17) is 5.26 Å². The van der Waals surface area contributed by atoms with E-state index in [0.29, 0.717) is 23.3 Å². The van der Waals surface area contributed by atoms with E-state index in [-0.39, 0.29) is 17.8 Å². The molecule has 11 heteroatoms. The SMILES string of the molecule is N#CCn1cc(-c2ccncc2)c(-c2cccc(NS(=O)(=O)c3cc(F)ccc3F)c2F)n1. The van der Waals surface area contributed by atoms with Gasteiger partial charge in [-0.15, -0.1) is 0 Å². The van der Waals surface area contributed by atoms with Crippen LogP contribution in [0, 0.1) is 28.8 Å². The number of nitrogens with zero attached hydrogens (tertiary/aromatic N) is 4. The molecule has 166 valence electrons. The van der Waals surface area contributed by atoms with Crippen LogP contribution in [-0.4, -0.2) is 23.2 Å². The van der Waals surface area contributed by atoms with Crippen molar-refractivity contribution in [3.63, 3.8) is 0 Å². The molecule has 7 nitrogen and oxygen atoms in total. The molecule has 2 aromatic carbocycles. The number of hydrogen-bond acceptors (Lipinski definition) is 5. The number of benzene rings is 2. The van der Waals surface area contributed by atoms with E-state index >= 15 is 4.39 Å². The summed E-state index contributed by atoms with van der Waals surface area (Å²) in [6, 6.07) is 11.2. The molecule has 0 bridgehead atoms. The minimum absolute atomic E-state index is 0.0570. The number of rotatable bonds is 6. The molecule has 0 amide bonds. The van der Waals surface area contributed by atoms with E-state index in [9.17, 15) is 17.2 Å². The number of sulfonamides is 1. The summed E-state index contributed by atoms with van der Waals surface area (Å²) in [4.78, 5) is 2.99. The molecule has 0 spiro atoms. The van der Waals surface area contributed by atoms with Gasteiger partial charge < -0.3 is 0 Å². The highest BCUT2D eigenvalue weighted by Gasteiger charge is 2.24. The Morgan fingerprint density at radius 3 is 2.52 bits per heavy atom. The first-order valence-electron chi connectivity index (χ1n) is 9.41. The van der Waals surface area contributed by atoms with Crippen LogP contribution in [-0.2, 0) is 16.6 Å². The topological polar surface area (TPSA) is 101 Å². The minimum atomic E-state index is -4.64. The maximum atomic E-state index is 15.5. The van der Waals surface area contributed by atoms with E-state index in [1.807, 2.05) is 10.8 Å². The Kier molecular flexibility index (Phi) is 5.85. The number of aromatic nitrogens is 3. The van der Waals surface area contributed by atoms with Crippen LogP contribution in [0.5, 0.6) is 0 Å². The summed E-state index contributed by atoms with van der Waals surface area (Å²) in [5.41, 5.74) is 0.760. The van der Waals surface area contributed by atoms with Gasteiger partial charge in [-0.1, -0.05) is 6.07 Å². The van der Waals surface area contributed by atoms with Crippen molar-refractivity contribution in [2.24, 2.45) is 0 Å². The molecule has 33 heavy (non-hydrogen) atoms. The number of nitriles is 1. The predicted octanol–water partition coefficient (Wildman–Crippen LogP) is 4.35. The van der Waals surface area contributed by atoms with E-state index < -0.39 is 38.1 Å². The van der Waals surface area contributed by atoms with Crippen molar-refractivity contribution in [3.8, 4) is 28.5 Å². The van der Waals surface area contributed by atoms with Gasteiger partial charge in [-0.25, -0.2) is 21.6 Å². The third-order valence-electron chi connectivity index (χ3n) is 4.67. The molecular weight excluding hydrogens is 455 g/mol. The maximum Gasteiger partial charge on any atom is 0.265 e. The molecule has 0 fully saturated rings. The molecule has 1 N–H and O–H groups in total. The first-order chi connectivity index (χ1) is 15.8. The second-order valence-electron chi connectivity index (χ2n) is 6.83. The first kappa shape index (κ1) is 22.0. The molecule has 0 aliphatic heterocycles. The van der Waals surface area contributed by atoms with Gasteiger partial charge in [0.2, 0.25) is 0 Å². The van der Waals surface area contributed by atoms with Crippen LogP contribution in [0.1, 0.15) is 0 Å². The van der Waals surface area contributed by atoms with Crippen molar-refractivity contribution >= 4 is 15.7 Å². The van der Waals surface area contributed by atoms with Crippen molar-refractivity contribution in [1.29, 1.82) is 5.26 Å². The lowest BCUT2D eigenvalue weighted by molar-refractivity contribution is 0.555. The highest BCUT2D eigenvalue weighted by molar-refractivity contribution is 7.92. The first-order valence-corrected chi connectivity index (χ1v) is 10.9. The highest BCUT2D eigenvalue weighted by Crippen LogP contribution is 2.35. The zero-order chi connectivity index (χ0) is 23.6. The minimum Gasteiger partial charge on any atom is -0.277 e. The fraction of sp³-hybridized carbons (Fsp3) is 0.0455. The molecule has 0 atom stereocenters. The summed E-state index contributed by atoms with van der Waals surface area (Å²) >= 11 is 0. The number of halogens is 3. The predicted molar refractivity (Wildman–Crippen MR) is 114 cm³/mol. The Hall–Kier alpha value is -4.17. The molecule has 0 saturated heterocycles. The number of pyridine rings is 1. The molecule has 2 heterocycles. The van der Waals surface area contributed by atoms with Crippen molar-refractivity contribution < 1.29 is 21.6 Å². The van der Waals surface area contributed by atoms with Gasteiger partial charge in [0.05, 0.1) is 11.8 Å². The Morgan fingerprint density at radius 1 is 1.03 bits per heavy atom. The lowest BCUT2D eigenvalue weighted by atomic mass is 10.0. The summed E-state index contributed by atoms with van der Waals surface area (Å²) in [6.07, 6.45) is 4.64. The van der Waals surface area contributed by atoms with Crippen LogP contribution in [0.15, 0.2) is 72.0 Å². The van der Waals surface area contributed by atoms with Gasteiger partial charge in [-0.2, -0.15) is 10.4 Å². The largest absolute Gasteiger partial charge is 0.277 e. The Balaban J connectivity index is 1.80. The van der Waals surface area contributed by atoms with Crippen LogP contribution in [0.25, 0.3) is 22.4 Å². The third-order valence-corrected chi connectivity index (χ3v) is 6.05. The number of nitrogens with one attached hydrogen (secondary N) is 1. The van der Waals surface area contributed by atoms with Crippen molar-refractivity contribution in [1.82, 2.24) is 14.8 Å². The molecule has 0 saturated carbocycles. The Labute approximate surface area is 186 Å². The van der Waals surface area contributed by atoms with E-state index in [2.05, 4.69) is 10.1 Å². The van der Waals surface area contributed by atoms with Crippen molar-refractivity contribution in [3.05, 3.63) is 84.6 Å². The number of anilines is 1. The van der Waals surface area contributed by atoms with E-state index in [1.54, 1.807) is 18.3 Å². The Morgan fingerprint density at radius 2 is 1.79 bits per heavy atom. The molecule has 0 unspecified atom stereocenters. The molecule has 0 aliphatic rings. The van der Waals surface area contributed by atoms with Gasteiger partial charge in [0.15, 0.2) is 5.82 Å². The monoisotopic (exact) mass is 469 g/mol. The highest BCUT2D eigenvalue weighted by atomic mass is 32.2. The van der Waals surface area contributed by atoms with Gasteiger partial charge in [-0.05, 0) is 48.0 Å². The van der Waals surface area contributed by atoms with Crippen LogP contribution in [0.2, 0.25) is 0 Å². The van der Waals surface area contributed by atoms with Gasteiger partial charge in [-0.3, -0.25) is 14.4 Å². The van der Waals surface area contributed by atoms with Gasteiger partial charge in [0.25, 0.3) is 10.0 Å². The van der Waals surface area contributed by atoms with E-state index in [1.165, 1.54) is 29.2 Å². The summed E-state index contributed by atoms with van der Waals surface area (Å²) < 4.78 is 71.4. The second-order valence-corrected chi connectivity index (χ2v) is 8.48. The van der Waals surface area contributed by atoms with Gasteiger partial charge in [0, 0.05) is 29.7 Å². The van der Waals surface area contributed by atoms with Crippen LogP contribution >= 0.6 is 0 Å². The fourth-order valence-corrected chi connectivity index (χ4v) is 4.34. The second kappa shape index (κ2) is 8.76. The molecular formula is C22H14F3N5O2S. The normalized spacial score (nSPS) is 11.2. The zero-order valence-corrected chi connectivity index (χ0v) is 17.5. The van der Waals surface area contributed by atoms with Crippen LogP contribution in [0.4, 0.5) is 18.9 Å². The summed E-state index contributed by atoms with van der Waals surface area (Å²) in [5.74, 6) is -3.12. The van der Waals surface area contributed by atoms with Gasteiger partial charge in [0.1, 0.15) is 28.8 Å². The lowest BCUT2D eigenvalue weighted by Crippen LogP contribution is -2.16. The lowest BCUT2D eigenvalue weighted by Gasteiger charge is -2.12. The maximum absolute atomic E-state index is 15.5. The average Bonchev–Trinajstić information content (AvgIpc) is 3.21. The quantitative estimate of drug-likeness (QED) is 0.452. The molecule has 2 aromatic heterocycles. The summed E-state index contributed by atoms with van der Waals surface area (Å²) in [7, 11) is -4.64. The van der Waals surface area contributed by atoms with Crippen molar-refractivity contribution in [2.45, 2.75) is 11.4 Å². The van der Waals surface area contributed by atoms with Crippen LogP contribution in [0.3, 0.4) is 0 Å². The smallest absolute Gasteiger partial charge is 0.265 e. The van der Waals surface area contributed by atoms with Gasteiger partial charge >= 0.3 is 0 Å². The molecule has 4 aromatic rings. The zero-order valence-electron chi connectivity index (χ0n) is 16.7. The molecule has 0 radical (unpaired) electrons. The van der Waals surface area contributed by atoms with Crippen molar-refractivity contribution in [2.75, 3.05) is 4.72 Å². The molecule has 0 aliphatic carbocycles. The van der Waals surface area contributed by atoms with E-state index in [0.717, 1.165) is 12.1 Å².